The molecule has 0 saturated carbocycles. The van der Waals surface area contributed by atoms with Crippen LogP contribution in [0.1, 0.15) is 30.6 Å². The molecule has 1 aliphatic rings. The van der Waals surface area contributed by atoms with E-state index >= 15 is 0 Å². The van der Waals surface area contributed by atoms with Crippen molar-refractivity contribution in [2.24, 2.45) is 0 Å². The number of ether oxygens (including phenoxy) is 1. The van der Waals surface area contributed by atoms with Crippen molar-refractivity contribution in [3.8, 4) is 0 Å². The van der Waals surface area contributed by atoms with Crippen molar-refractivity contribution >= 4 is 54.4 Å². The second kappa shape index (κ2) is 10.9. The fraction of sp³-hybridized carbons (Fsp3) is 0.476. The van der Waals surface area contributed by atoms with Crippen LogP contribution in [0, 0.1) is 0 Å². The molecule has 2 aromatic rings. The van der Waals surface area contributed by atoms with Gasteiger partial charge in [0, 0.05) is 42.8 Å². The predicted molar refractivity (Wildman–Crippen MR) is 127 cm³/mol. The Morgan fingerprint density at radius 2 is 1.79 bits per heavy atom. The maximum Gasteiger partial charge on any atom is 0.319 e. The molecule has 0 spiro atoms. The summed E-state index contributed by atoms with van der Waals surface area (Å²) < 4.78 is 32.1. The lowest BCUT2D eigenvalue weighted by molar-refractivity contribution is -0.142. The van der Waals surface area contributed by atoms with Crippen molar-refractivity contribution in [2.75, 3.05) is 50.4 Å². The van der Waals surface area contributed by atoms with Crippen molar-refractivity contribution in [1.82, 2.24) is 14.5 Å². The fourth-order valence-corrected chi connectivity index (χ4v) is 6.05. The van der Waals surface area contributed by atoms with Gasteiger partial charge in [-0.15, -0.1) is 11.3 Å². The Bertz CT molecular complexity index is 1120. The summed E-state index contributed by atoms with van der Waals surface area (Å²) >= 11 is 1.32. The van der Waals surface area contributed by atoms with Gasteiger partial charge in [-0.1, -0.05) is 18.2 Å². The largest absolute Gasteiger partial charge is 0.466 e. The van der Waals surface area contributed by atoms with Gasteiger partial charge in [0.25, 0.3) is 5.91 Å². The third kappa shape index (κ3) is 6.01. The molecule has 0 unspecified atom stereocenters. The summed E-state index contributed by atoms with van der Waals surface area (Å²) in [7, 11) is -3.63. The molecule has 0 bridgehead atoms. The topological polar surface area (TPSA) is 125 Å². The summed E-state index contributed by atoms with van der Waals surface area (Å²) in [5.74, 6) is -1.13. The number of amides is 3. The van der Waals surface area contributed by atoms with Crippen LogP contribution in [0.25, 0.3) is 10.1 Å². The smallest absolute Gasteiger partial charge is 0.319 e. The highest BCUT2D eigenvalue weighted by molar-refractivity contribution is 7.89. The number of esters is 1. The second-order valence-electron chi connectivity index (χ2n) is 7.35. The summed E-state index contributed by atoms with van der Waals surface area (Å²) in [5.41, 5.74) is 0.403. The third-order valence-electron chi connectivity index (χ3n) is 5.16. The lowest BCUT2D eigenvalue weighted by Crippen LogP contribution is -2.51. The number of carbonyl (C=O) groups excluding carboxylic acids is 3. The van der Waals surface area contributed by atoms with E-state index in [1.54, 1.807) is 18.7 Å². The van der Waals surface area contributed by atoms with Crippen LogP contribution < -0.4 is 10.6 Å². The van der Waals surface area contributed by atoms with Crippen molar-refractivity contribution in [1.29, 1.82) is 0 Å². The molecule has 10 nitrogen and oxygen atoms in total. The van der Waals surface area contributed by atoms with Crippen LogP contribution in [0.4, 0.5) is 9.80 Å². The number of anilines is 1. The molecule has 3 amide bonds. The molecule has 180 valence electrons. The molecule has 1 aromatic heterocycles. The Hall–Kier alpha value is -2.70. The summed E-state index contributed by atoms with van der Waals surface area (Å²) in [4.78, 5) is 38.6. The van der Waals surface area contributed by atoms with Crippen LogP contribution in [-0.2, 0) is 19.6 Å². The lowest BCUT2D eigenvalue weighted by Gasteiger charge is -2.34. The van der Waals surface area contributed by atoms with E-state index in [0.29, 0.717) is 17.1 Å². The first kappa shape index (κ1) is 24.9. The highest BCUT2D eigenvalue weighted by Gasteiger charge is 2.32. The number of hydrogen-bond donors (Lipinski definition) is 2. The standard InChI is InChI=1S/C21H28N4O6S2/c1-3-22-21(28)23-19-18(15-7-5-6-8-16(15)32-19)20(27)24-10-12-25(13-11-24)33(29,30)14-9-17(26)31-4-2/h5-8H,3-4,9-14H2,1-2H3,(H2,22,23,28). The molecule has 1 aromatic carbocycles. The third-order valence-corrected chi connectivity index (χ3v) is 8.12. The SMILES string of the molecule is CCNC(=O)Nc1sc2ccccc2c1C(=O)N1CCN(S(=O)(=O)CCC(=O)OCC)CC1. The van der Waals surface area contributed by atoms with Crippen LogP contribution in [0.15, 0.2) is 24.3 Å². The summed E-state index contributed by atoms with van der Waals surface area (Å²) in [6, 6.07) is 7.01. The van der Waals surface area contributed by atoms with E-state index < -0.39 is 22.0 Å². The lowest BCUT2D eigenvalue weighted by atomic mass is 10.1. The van der Waals surface area contributed by atoms with Crippen molar-refractivity contribution in [3.05, 3.63) is 29.8 Å². The van der Waals surface area contributed by atoms with E-state index in [1.807, 2.05) is 24.3 Å². The first-order chi connectivity index (χ1) is 15.8. The number of urea groups is 1. The molecular formula is C21H28N4O6S2. The van der Waals surface area contributed by atoms with E-state index in [-0.39, 0.29) is 50.9 Å². The Morgan fingerprint density at radius 3 is 2.45 bits per heavy atom. The average Bonchev–Trinajstić information content (AvgIpc) is 3.15. The monoisotopic (exact) mass is 496 g/mol. The molecule has 1 aliphatic heterocycles. The van der Waals surface area contributed by atoms with Gasteiger partial charge in [0.05, 0.1) is 24.3 Å². The van der Waals surface area contributed by atoms with Crippen molar-refractivity contribution in [2.45, 2.75) is 20.3 Å². The Morgan fingerprint density at radius 1 is 1.09 bits per heavy atom. The highest BCUT2D eigenvalue weighted by Crippen LogP contribution is 2.36. The van der Waals surface area contributed by atoms with Gasteiger partial charge in [0.15, 0.2) is 0 Å². The number of carbonyl (C=O) groups is 3. The first-order valence-electron chi connectivity index (χ1n) is 10.8. The molecule has 1 saturated heterocycles. The molecule has 1 fully saturated rings. The van der Waals surface area contributed by atoms with Gasteiger partial charge in [-0.2, -0.15) is 4.31 Å². The molecule has 2 N–H and O–H groups in total. The van der Waals surface area contributed by atoms with Gasteiger partial charge in [-0.05, 0) is 19.9 Å². The fourth-order valence-electron chi connectivity index (χ4n) is 3.56. The van der Waals surface area contributed by atoms with Gasteiger partial charge < -0.3 is 15.0 Å². The molecular weight excluding hydrogens is 468 g/mol. The highest BCUT2D eigenvalue weighted by atomic mass is 32.2. The van der Waals surface area contributed by atoms with Crippen LogP contribution in [0.3, 0.4) is 0 Å². The number of piperazine rings is 1. The number of hydrogen-bond acceptors (Lipinski definition) is 7. The van der Waals surface area contributed by atoms with E-state index in [2.05, 4.69) is 10.6 Å². The number of benzene rings is 1. The summed E-state index contributed by atoms with van der Waals surface area (Å²) in [5, 5.41) is 6.62. The summed E-state index contributed by atoms with van der Waals surface area (Å²) in [6.45, 7) is 4.81. The van der Waals surface area contributed by atoms with E-state index in [0.717, 1.165) is 10.1 Å². The first-order valence-corrected chi connectivity index (χ1v) is 13.2. The maximum absolute atomic E-state index is 13.4. The average molecular weight is 497 g/mol. The predicted octanol–water partition coefficient (Wildman–Crippen LogP) is 2.08. The zero-order chi connectivity index (χ0) is 24.0. The zero-order valence-corrected chi connectivity index (χ0v) is 20.3. The molecule has 12 heteroatoms. The Labute approximate surface area is 196 Å². The van der Waals surface area contributed by atoms with E-state index in [4.69, 9.17) is 4.74 Å². The van der Waals surface area contributed by atoms with Crippen LogP contribution >= 0.6 is 11.3 Å². The molecule has 0 radical (unpaired) electrons. The minimum absolute atomic E-state index is 0.137. The number of rotatable bonds is 8. The van der Waals surface area contributed by atoms with Crippen LogP contribution in [-0.4, -0.2) is 80.6 Å². The van der Waals surface area contributed by atoms with E-state index in [1.165, 1.54) is 15.6 Å². The number of sulfonamides is 1. The van der Waals surface area contributed by atoms with Crippen molar-refractivity contribution < 1.29 is 27.5 Å². The van der Waals surface area contributed by atoms with E-state index in [9.17, 15) is 22.8 Å². The molecule has 2 heterocycles. The number of fused-ring (bicyclic) bond motifs is 1. The quantitative estimate of drug-likeness (QED) is 0.539. The number of thiophene rings is 1. The molecule has 3 rings (SSSR count). The number of nitrogens with zero attached hydrogens (tertiary/aromatic N) is 2. The van der Waals surface area contributed by atoms with Crippen molar-refractivity contribution in [3.63, 3.8) is 0 Å². The second-order valence-corrected chi connectivity index (χ2v) is 10.5. The molecule has 33 heavy (non-hydrogen) atoms. The van der Waals surface area contributed by atoms with Crippen LogP contribution in [0.5, 0.6) is 0 Å². The minimum Gasteiger partial charge on any atom is -0.466 e. The number of nitrogens with one attached hydrogen (secondary N) is 2. The Balaban J connectivity index is 1.72. The molecule has 0 aliphatic carbocycles. The Kier molecular flexibility index (Phi) is 8.27. The normalized spacial score (nSPS) is 14.8. The van der Waals surface area contributed by atoms with Crippen LogP contribution in [0.2, 0.25) is 0 Å². The summed E-state index contributed by atoms with van der Waals surface area (Å²) in [6.07, 6.45) is -0.203. The van der Waals surface area contributed by atoms with Gasteiger partial charge in [0.2, 0.25) is 10.0 Å². The zero-order valence-electron chi connectivity index (χ0n) is 18.6. The minimum atomic E-state index is -3.63. The molecule has 0 atom stereocenters. The maximum atomic E-state index is 13.4. The van der Waals surface area contributed by atoms with Gasteiger partial charge >= 0.3 is 12.0 Å². The van der Waals surface area contributed by atoms with Gasteiger partial charge in [-0.25, -0.2) is 13.2 Å². The van der Waals surface area contributed by atoms with Gasteiger partial charge in [0.1, 0.15) is 5.00 Å². The van der Waals surface area contributed by atoms with Gasteiger partial charge in [-0.3, -0.25) is 14.9 Å².